The van der Waals surface area contributed by atoms with Crippen molar-refractivity contribution in [2.24, 2.45) is 5.92 Å². The molecule has 4 N–H and O–H groups in total. The Hall–Kier alpha value is -2.04. The summed E-state index contributed by atoms with van der Waals surface area (Å²) in [5.74, 6) is -1.28. The molecule has 0 aliphatic heterocycles. The molecule has 1 aliphatic carbocycles. The summed E-state index contributed by atoms with van der Waals surface area (Å²) in [5.41, 5.74) is 6.65. The Balaban J connectivity index is 2.15. The Morgan fingerprint density at radius 3 is 2.33 bits per heavy atom. The van der Waals surface area contributed by atoms with Crippen molar-refractivity contribution in [2.45, 2.75) is 44.6 Å². The second-order valence-electron chi connectivity index (χ2n) is 5.88. The second kappa shape index (κ2) is 5.76. The fourth-order valence-electron chi connectivity index (χ4n) is 2.54. The van der Waals surface area contributed by atoms with E-state index in [0.717, 1.165) is 18.4 Å². The lowest BCUT2D eigenvalue weighted by atomic mass is 9.92. The van der Waals surface area contributed by atoms with Crippen molar-refractivity contribution >= 4 is 17.6 Å². The summed E-state index contributed by atoms with van der Waals surface area (Å²) in [7, 11) is 0. The van der Waals surface area contributed by atoms with Gasteiger partial charge in [0.15, 0.2) is 0 Å². The van der Waals surface area contributed by atoms with E-state index in [1.54, 1.807) is 12.1 Å². The van der Waals surface area contributed by atoms with Gasteiger partial charge in [-0.25, -0.2) is 4.79 Å². The minimum absolute atomic E-state index is 0.103. The van der Waals surface area contributed by atoms with Crippen LogP contribution in [0.5, 0.6) is 0 Å². The van der Waals surface area contributed by atoms with Gasteiger partial charge >= 0.3 is 5.97 Å². The number of amides is 1. The molecule has 1 aliphatic rings. The maximum Gasteiger partial charge on any atom is 0.326 e. The lowest BCUT2D eigenvalue weighted by Gasteiger charge is -2.23. The first-order valence-corrected chi connectivity index (χ1v) is 7.30. The number of anilines is 1. The minimum Gasteiger partial charge on any atom is -0.480 e. The molecule has 5 heteroatoms. The van der Waals surface area contributed by atoms with Gasteiger partial charge in [0.1, 0.15) is 6.04 Å². The predicted octanol–water partition coefficient (Wildman–Crippen LogP) is 1.92. The summed E-state index contributed by atoms with van der Waals surface area (Å²) in [6.07, 6.45) is 2.19. The molecule has 114 valence electrons. The normalized spacial score (nSPS) is 18.6. The van der Waals surface area contributed by atoms with Gasteiger partial charge in [-0.05, 0) is 36.5 Å². The van der Waals surface area contributed by atoms with Crippen LogP contribution in [0.15, 0.2) is 24.3 Å². The summed E-state index contributed by atoms with van der Waals surface area (Å²) >= 11 is 0. The average Bonchev–Trinajstić information content (AvgIpc) is 3.25. The predicted molar refractivity (Wildman–Crippen MR) is 80.8 cm³/mol. The molecule has 0 saturated heterocycles. The van der Waals surface area contributed by atoms with Crippen LogP contribution >= 0.6 is 0 Å². The standard InChI is InChI=1S/C16H22N2O3/c1-3-10(2)13(14(19)20)18-15(21)16(8-9-16)11-4-6-12(17)7-5-11/h4-7,10,13H,3,8-9,17H2,1-2H3,(H,18,21)(H,19,20)/t10-,13-/m0/s1. The van der Waals surface area contributed by atoms with Gasteiger partial charge in [0.25, 0.3) is 0 Å². The monoisotopic (exact) mass is 290 g/mol. The Morgan fingerprint density at radius 1 is 1.33 bits per heavy atom. The van der Waals surface area contributed by atoms with E-state index in [9.17, 15) is 14.7 Å². The molecule has 1 aromatic rings. The van der Waals surface area contributed by atoms with E-state index >= 15 is 0 Å². The highest BCUT2D eigenvalue weighted by atomic mass is 16.4. The van der Waals surface area contributed by atoms with E-state index in [-0.39, 0.29) is 11.8 Å². The first-order chi connectivity index (χ1) is 9.90. The molecule has 1 saturated carbocycles. The maximum atomic E-state index is 12.5. The van der Waals surface area contributed by atoms with Crippen LogP contribution in [-0.4, -0.2) is 23.0 Å². The number of nitrogens with one attached hydrogen (secondary N) is 1. The summed E-state index contributed by atoms with van der Waals surface area (Å²) in [6, 6.07) is 6.40. The Bertz CT molecular complexity index is 535. The van der Waals surface area contributed by atoms with E-state index < -0.39 is 17.4 Å². The molecule has 1 fully saturated rings. The number of carboxylic acids is 1. The summed E-state index contributed by atoms with van der Waals surface area (Å²) in [5, 5.41) is 12.0. The van der Waals surface area contributed by atoms with Gasteiger partial charge < -0.3 is 16.2 Å². The molecule has 0 aromatic heterocycles. The topological polar surface area (TPSA) is 92.4 Å². The number of hydrogen-bond donors (Lipinski definition) is 3. The summed E-state index contributed by atoms with van der Waals surface area (Å²) in [4.78, 5) is 23.9. The molecule has 0 bridgehead atoms. The molecule has 1 amide bonds. The molecule has 1 aromatic carbocycles. The number of nitrogens with two attached hydrogens (primary N) is 1. The van der Waals surface area contributed by atoms with E-state index in [4.69, 9.17) is 5.73 Å². The number of hydrogen-bond acceptors (Lipinski definition) is 3. The van der Waals surface area contributed by atoms with E-state index in [0.29, 0.717) is 12.1 Å². The molecule has 0 spiro atoms. The van der Waals surface area contributed by atoms with Crippen LogP contribution in [0.1, 0.15) is 38.7 Å². The number of benzene rings is 1. The highest BCUT2D eigenvalue weighted by Gasteiger charge is 2.52. The fraction of sp³-hybridized carbons (Fsp3) is 0.500. The van der Waals surface area contributed by atoms with Gasteiger partial charge in [-0.15, -0.1) is 0 Å². The maximum absolute atomic E-state index is 12.5. The first-order valence-electron chi connectivity index (χ1n) is 7.30. The third kappa shape index (κ3) is 3.01. The molecule has 0 unspecified atom stereocenters. The smallest absolute Gasteiger partial charge is 0.326 e. The average molecular weight is 290 g/mol. The van der Waals surface area contributed by atoms with Crippen molar-refractivity contribution in [3.8, 4) is 0 Å². The van der Waals surface area contributed by atoms with Gasteiger partial charge in [-0.2, -0.15) is 0 Å². The Morgan fingerprint density at radius 2 is 1.90 bits per heavy atom. The first kappa shape index (κ1) is 15.4. The molecular formula is C16H22N2O3. The number of rotatable bonds is 6. The Labute approximate surface area is 124 Å². The van der Waals surface area contributed by atoms with Crippen molar-refractivity contribution in [3.63, 3.8) is 0 Å². The number of nitrogen functional groups attached to an aromatic ring is 1. The van der Waals surface area contributed by atoms with E-state index in [2.05, 4.69) is 5.32 Å². The van der Waals surface area contributed by atoms with E-state index in [1.165, 1.54) is 0 Å². The van der Waals surface area contributed by atoms with Crippen molar-refractivity contribution in [1.29, 1.82) is 0 Å². The molecule has 0 heterocycles. The van der Waals surface area contributed by atoms with Crippen molar-refractivity contribution in [1.82, 2.24) is 5.32 Å². The lowest BCUT2D eigenvalue weighted by Crippen LogP contribution is -2.48. The third-order valence-electron chi connectivity index (χ3n) is 4.41. The Kier molecular flexibility index (Phi) is 4.21. The zero-order chi connectivity index (χ0) is 15.6. The van der Waals surface area contributed by atoms with Gasteiger partial charge in [-0.1, -0.05) is 32.4 Å². The van der Waals surface area contributed by atoms with Crippen LogP contribution in [0, 0.1) is 5.92 Å². The lowest BCUT2D eigenvalue weighted by molar-refractivity contribution is -0.143. The van der Waals surface area contributed by atoms with Crippen molar-refractivity contribution < 1.29 is 14.7 Å². The zero-order valence-electron chi connectivity index (χ0n) is 12.4. The van der Waals surface area contributed by atoms with Gasteiger partial charge in [0.2, 0.25) is 5.91 Å². The number of carbonyl (C=O) groups excluding carboxylic acids is 1. The molecule has 0 radical (unpaired) electrons. The highest BCUT2D eigenvalue weighted by molar-refractivity contribution is 5.94. The van der Waals surface area contributed by atoms with Gasteiger partial charge in [-0.3, -0.25) is 4.79 Å². The quantitative estimate of drug-likeness (QED) is 0.698. The zero-order valence-corrected chi connectivity index (χ0v) is 12.4. The van der Waals surface area contributed by atoms with Crippen LogP contribution < -0.4 is 11.1 Å². The highest BCUT2D eigenvalue weighted by Crippen LogP contribution is 2.48. The van der Waals surface area contributed by atoms with Crippen molar-refractivity contribution in [2.75, 3.05) is 5.73 Å². The molecule has 2 rings (SSSR count). The largest absolute Gasteiger partial charge is 0.480 e. The van der Waals surface area contributed by atoms with Crippen LogP contribution in [0.25, 0.3) is 0 Å². The van der Waals surface area contributed by atoms with E-state index in [1.807, 2.05) is 26.0 Å². The van der Waals surface area contributed by atoms with Crippen LogP contribution in [0.2, 0.25) is 0 Å². The molecule has 21 heavy (non-hydrogen) atoms. The third-order valence-corrected chi connectivity index (χ3v) is 4.41. The summed E-state index contributed by atoms with van der Waals surface area (Å²) < 4.78 is 0. The minimum atomic E-state index is -0.981. The second-order valence-corrected chi connectivity index (χ2v) is 5.88. The van der Waals surface area contributed by atoms with Crippen LogP contribution in [-0.2, 0) is 15.0 Å². The molecule has 5 nitrogen and oxygen atoms in total. The molecule has 2 atom stereocenters. The number of carbonyl (C=O) groups is 2. The van der Waals surface area contributed by atoms with Gasteiger partial charge in [0, 0.05) is 5.69 Å². The fourth-order valence-corrected chi connectivity index (χ4v) is 2.54. The number of aliphatic carboxylic acids is 1. The molecular weight excluding hydrogens is 268 g/mol. The van der Waals surface area contributed by atoms with Gasteiger partial charge in [0.05, 0.1) is 5.41 Å². The van der Waals surface area contributed by atoms with Crippen LogP contribution in [0.4, 0.5) is 5.69 Å². The number of carboxylic acid groups (broad SMARTS) is 1. The summed E-state index contributed by atoms with van der Waals surface area (Å²) in [6.45, 7) is 3.75. The van der Waals surface area contributed by atoms with Crippen molar-refractivity contribution in [3.05, 3.63) is 29.8 Å². The SMILES string of the molecule is CC[C@H](C)[C@H](NC(=O)C1(c2ccc(N)cc2)CC1)C(=O)O. The van der Waals surface area contributed by atoms with Crippen LogP contribution in [0.3, 0.4) is 0 Å².